The Morgan fingerprint density at radius 2 is 2.12 bits per heavy atom. The van der Waals surface area contributed by atoms with Crippen LogP contribution in [0, 0.1) is 0 Å². The Hall–Kier alpha value is -0.800. The molecule has 1 aromatic rings. The number of aliphatic hydroxyl groups is 1. The van der Waals surface area contributed by atoms with Crippen molar-refractivity contribution in [3.63, 3.8) is 0 Å². The molecular formula is C7H6F3NO3S2. The summed E-state index contributed by atoms with van der Waals surface area (Å²) in [6, 6.07) is 0. The van der Waals surface area contributed by atoms with E-state index in [1.165, 1.54) is 0 Å². The molecule has 1 rings (SSSR count). The molecule has 0 saturated carbocycles. The molecule has 1 atom stereocenters. The maximum atomic E-state index is 12.6. The lowest BCUT2D eigenvalue weighted by Crippen LogP contribution is -2.43. The molecule has 0 saturated heterocycles. The quantitative estimate of drug-likeness (QED) is 0.732. The zero-order valence-electron chi connectivity index (χ0n) is 7.52. The molecule has 0 fully saturated rings. The first-order valence-corrected chi connectivity index (χ1v) is 5.09. The number of carboxylic acid groups (broad SMARTS) is 1. The first-order chi connectivity index (χ1) is 7.17. The van der Waals surface area contributed by atoms with Crippen LogP contribution in [-0.4, -0.2) is 27.3 Å². The van der Waals surface area contributed by atoms with E-state index in [0.717, 1.165) is 6.20 Å². The Kier molecular flexibility index (Phi) is 3.50. The van der Waals surface area contributed by atoms with Gasteiger partial charge >= 0.3 is 12.1 Å². The van der Waals surface area contributed by atoms with Crippen molar-refractivity contribution in [2.75, 3.05) is 0 Å². The van der Waals surface area contributed by atoms with Gasteiger partial charge in [-0.05, 0) is 0 Å². The Labute approximate surface area is 97.2 Å². The number of carbonyl (C=O) groups is 1. The minimum absolute atomic E-state index is 0.0167. The van der Waals surface area contributed by atoms with Gasteiger partial charge in [-0.25, -0.2) is 4.98 Å². The molecule has 9 heteroatoms. The lowest BCUT2D eigenvalue weighted by atomic mass is 9.98. The summed E-state index contributed by atoms with van der Waals surface area (Å²) >= 11 is 4.19. The van der Waals surface area contributed by atoms with Crippen LogP contribution in [0.1, 0.15) is 11.3 Å². The second-order valence-corrected chi connectivity index (χ2v) is 4.69. The van der Waals surface area contributed by atoms with Crippen LogP contribution < -0.4 is 0 Å². The molecule has 16 heavy (non-hydrogen) atoms. The van der Waals surface area contributed by atoms with Gasteiger partial charge in [0.1, 0.15) is 4.34 Å². The fraction of sp³-hybridized carbons (Fsp3) is 0.429. The first kappa shape index (κ1) is 13.3. The Morgan fingerprint density at radius 1 is 1.56 bits per heavy atom. The van der Waals surface area contributed by atoms with Crippen LogP contribution in [0.25, 0.3) is 0 Å². The number of aliphatic carboxylic acids is 1. The number of thiol groups is 1. The average Bonchev–Trinajstić information content (AvgIpc) is 2.48. The van der Waals surface area contributed by atoms with Gasteiger partial charge in [-0.1, -0.05) is 0 Å². The van der Waals surface area contributed by atoms with Crippen LogP contribution in [-0.2, 0) is 10.4 Å². The molecule has 0 unspecified atom stereocenters. The van der Waals surface area contributed by atoms with Gasteiger partial charge in [-0.2, -0.15) is 13.2 Å². The fourth-order valence-electron chi connectivity index (χ4n) is 1.00. The number of rotatable bonds is 3. The van der Waals surface area contributed by atoms with E-state index in [-0.39, 0.29) is 4.34 Å². The van der Waals surface area contributed by atoms with Gasteiger partial charge in [-0.3, -0.25) is 4.79 Å². The van der Waals surface area contributed by atoms with Crippen LogP contribution in [0.4, 0.5) is 13.2 Å². The van der Waals surface area contributed by atoms with E-state index in [1.807, 2.05) is 0 Å². The molecule has 1 heterocycles. The number of hydrogen-bond acceptors (Lipinski definition) is 5. The average molecular weight is 273 g/mol. The topological polar surface area (TPSA) is 70.4 Å². The van der Waals surface area contributed by atoms with E-state index in [0.29, 0.717) is 11.3 Å². The molecule has 0 aliphatic heterocycles. The minimum atomic E-state index is -5.09. The summed E-state index contributed by atoms with van der Waals surface area (Å²) in [4.78, 5) is 13.2. The van der Waals surface area contributed by atoms with Crippen molar-refractivity contribution >= 4 is 29.9 Å². The number of nitrogens with zero attached hydrogens (tertiary/aromatic N) is 1. The molecule has 4 nitrogen and oxygen atoms in total. The van der Waals surface area contributed by atoms with Crippen molar-refractivity contribution in [3.05, 3.63) is 11.1 Å². The SMILES string of the molecule is O=C(O)C[C@@](O)(c1cnc(S)s1)C(F)(F)F. The summed E-state index contributed by atoms with van der Waals surface area (Å²) < 4.78 is 37.8. The van der Waals surface area contributed by atoms with Gasteiger partial charge in [-0.15, -0.1) is 24.0 Å². The highest BCUT2D eigenvalue weighted by Crippen LogP contribution is 2.43. The second kappa shape index (κ2) is 4.22. The van der Waals surface area contributed by atoms with Crippen molar-refractivity contribution in [1.82, 2.24) is 4.98 Å². The van der Waals surface area contributed by atoms with Crippen molar-refractivity contribution in [2.45, 2.75) is 22.5 Å². The van der Waals surface area contributed by atoms with E-state index in [1.54, 1.807) is 0 Å². The van der Waals surface area contributed by atoms with E-state index >= 15 is 0 Å². The van der Waals surface area contributed by atoms with Crippen LogP contribution in [0.2, 0.25) is 0 Å². The number of halogens is 3. The smallest absolute Gasteiger partial charge is 0.422 e. The van der Waals surface area contributed by atoms with Crippen LogP contribution >= 0.6 is 24.0 Å². The highest BCUT2D eigenvalue weighted by atomic mass is 32.2. The molecule has 0 aliphatic carbocycles. The molecular weight excluding hydrogens is 267 g/mol. The van der Waals surface area contributed by atoms with Gasteiger partial charge < -0.3 is 10.2 Å². The molecule has 90 valence electrons. The third kappa shape index (κ3) is 2.47. The highest BCUT2D eigenvalue weighted by Gasteiger charge is 2.57. The van der Waals surface area contributed by atoms with Crippen molar-refractivity contribution < 1.29 is 28.2 Å². The monoisotopic (exact) mass is 273 g/mol. The number of aromatic nitrogens is 1. The van der Waals surface area contributed by atoms with E-state index in [4.69, 9.17) is 5.11 Å². The summed E-state index contributed by atoms with van der Waals surface area (Å²) in [6.07, 6.45) is -5.78. The lowest BCUT2D eigenvalue weighted by Gasteiger charge is -2.27. The zero-order valence-corrected chi connectivity index (χ0v) is 9.23. The maximum Gasteiger partial charge on any atom is 0.422 e. The number of hydrogen-bond donors (Lipinski definition) is 3. The summed E-state index contributed by atoms with van der Waals surface area (Å²) in [5, 5.41) is 17.8. The minimum Gasteiger partial charge on any atom is -0.481 e. The van der Waals surface area contributed by atoms with Gasteiger partial charge in [0.25, 0.3) is 0 Å². The molecule has 0 aliphatic rings. The highest BCUT2D eigenvalue weighted by molar-refractivity contribution is 7.82. The first-order valence-electron chi connectivity index (χ1n) is 3.83. The Bertz CT molecular complexity index is 406. The molecule has 0 radical (unpaired) electrons. The van der Waals surface area contributed by atoms with Crippen molar-refractivity contribution in [3.8, 4) is 0 Å². The maximum absolute atomic E-state index is 12.6. The predicted molar refractivity (Wildman–Crippen MR) is 51.6 cm³/mol. The lowest BCUT2D eigenvalue weighted by molar-refractivity contribution is -0.267. The standard InChI is InChI=1S/C7H6F3NO3S2/c8-7(9,10)6(14,1-4(12)13)3-2-11-5(15)16-3/h2,14H,1H2,(H,11,15)(H,12,13)/t6-/m1/s1. The Morgan fingerprint density at radius 3 is 2.44 bits per heavy atom. The number of thiazole rings is 1. The van der Waals surface area contributed by atoms with E-state index in [2.05, 4.69) is 17.6 Å². The van der Waals surface area contributed by atoms with Gasteiger partial charge in [0.2, 0.25) is 5.60 Å². The van der Waals surface area contributed by atoms with Crippen molar-refractivity contribution in [1.29, 1.82) is 0 Å². The van der Waals surface area contributed by atoms with Gasteiger partial charge in [0.05, 0.1) is 11.3 Å². The zero-order chi connectivity index (χ0) is 12.6. The van der Waals surface area contributed by atoms with Crippen LogP contribution in [0.3, 0.4) is 0 Å². The van der Waals surface area contributed by atoms with Crippen molar-refractivity contribution in [2.24, 2.45) is 0 Å². The summed E-state index contributed by atoms with van der Waals surface area (Å²) in [5.74, 6) is -1.76. The Balaban J connectivity index is 3.19. The third-order valence-corrected chi connectivity index (χ3v) is 3.12. The van der Waals surface area contributed by atoms with Crippen LogP contribution in [0.5, 0.6) is 0 Å². The second-order valence-electron chi connectivity index (χ2n) is 2.94. The normalized spacial score (nSPS) is 15.8. The number of carboxylic acids is 1. The molecule has 0 spiro atoms. The molecule has 0 bridgehead atoms. The molecule has 1 aromatic heterocycles. The third-order valence-electron chi connectivity index (χ3n) is 1.78. The van der Waals surface area contributed by atoms with Crippen LogP contribution in [0.15, 0.2) is 10.5 Å². The van der Waals surface area contributed by atoms with Gasteiger partial charge in [0.15, 0.2) is 0 Å². The molecule has 2 N–H and O–H groups in total. The fourth-order valence-corrected chi connectivity index (χ4v) is 2.12. The summed E-state index contributed by atoms with van der Waals surface area (Å²) in [7, 11) is 0. The molecule has 0 aromatic carbocycles. The predicted octanol–water partition coefficient (Wildman–Crippen LogP) is 1.66. The largest absolute Gasteiger partial charge is 0.481 e. The van der Waals surface area contributed by atoms with Gasteiger partial charge in [0, 0.05) is 6.20 Å². The number of alkyl halides is 3. The summed E-state index contributed by atoms with van der Waals surface area (Å²) in [5.41, 5.74) is -3.42. The van der Waals surface area contributed by atoms with E-state index < -0.39 is 29.0 Å². The summed E-state index contributed by atoms with van der Waals surface area (Å²) in [6.45, 7) is 0. The molecule has 0 amide bonds. The van der Waals surface area contributed by atoms with E-state index in [9.17, 15) is 23.1 Å².